The lowest BCUT2D eigenvalue weighted by Crippen LogP contribution is -2.14. The van der Waals surface area contributed by atoms with Crippen molar-refractivity contribution in [3.63, 3.8) is 0 Å². The van der Waals surface area contributed by atoms with Crippen LogP contribution in [0, 0.1) is 0 Å². The van der Waals surface area contributed by atoms with Crippen LogP contribution in [0.2, 0.25) is 0 Å². The van der Waals surface area contributed by atoms with Gasteiger partial charge in [-0.2, -0.15) is 0 Å². The molecule has 0 aliphatic carbocycles. The maximum absolute atomic E-state index is 9.93. The van der Waals surface area contributed by atoms with Crippen molar-refractivity contribution >= 4 is 0 Å². The molecule has 4 nitrogen and oxygen atoms in total. The van der Waals surface area contributed by atoms with Crippen LogP contribution in [-0.4, -0.2) is 11.1 Å². The molecule has 1 rings (SSSR count). The van der Waals surface area contributed by atoms with Gasteiger partial charge in [-0.15, -0.1) is 6.58 Å². The van der Waals surface area contributed by atoms with Gasteiger partial charge in [0.1, 0.15) is 0 Å². The molecule has 0 aliphatic rings. The van der Waals surface area contributed by atoms with Crippen LogP contribution in [-0.2, 0) is 0 Å². The van der Waals surface area contributed by atoms with Crippen molar-refractivity contribution in [1.29, 1.82) is 0 Å². The van der Waals surface area contributed by atoms with Gasteiger partial charge in [0.05, 0.1) is 12.1 Å². The average Bonchev–Trinajstić information content (AvgIpc) is 2.29. The Morgan fingerprint density at radius 2 is 2.13 bits per heavy atom. The monoisotopic (exact) mass is 203 g/mol. The first-order valence-corrected chi connectivity index (χ1v) is 4.67. The molecule has 0 bridgehead atoms. The smallest absolute Gasteiger partial charge is 0.0877 e. The third-order valence-electron chi connectivity index (χ3n) is 2.11. The van der Waals surface area contributed by atoms with Crippen LogP contribution in [0.25, 0.3) is 10.4 Å². The number of aliphatic hydroxyl groups is 1. The highest BCUT2D eigenvalue weighted by atomic mass is 16.3. The maximum Gasteiger partial charge on any atom is 0.0877 e. The molecule has 2 atom stereocenters. The minimum atomic E-state index is -0.778. The number of aliphatic hydroxyl groups excluding tert-OH is 1. The zero-order valence-corrected chi connectivity index (χ0v) is 8.32. The van der Waals surface area contributed by atoms with Crippen molar-refractivity contribution in [3.05, 3.63) is 59.0 Å². The summed E-state index contributed by atoms with van der Waals surface area (Å²) < 4.78 is 0. The molecule has 78 valence electrons. The zero-order valence-electron chi connectivity index (χ0n) is 8.32. The highest BCUT2D eigenvalue weighted by molar-refractivity contribution is 5.19. The summed E-state index contributed by atoms with van der Waals surface area (Å²) in [6.07, 6.45) is 1.31. The molecule has 0 fully saturated rings. The highest BCUT2D eigenvalue weighted by Crippen LogP contribution is 2.21. The Morgan fingerprint density at radius 3 is 2.67 bits per heavy atom. The summed E-state index contributed by atoms with van der Waals surface area (Å²) in [5, 5.41) is 13.5. The molecule has 0 radical (unpaired) electrons. The summed E-state index contributed by atoms with van der Waals surface area (Å²) >= 11 is 0. The maximum atomic E-state index is 9.93. The molecule has 1 aromatic rings. The average molecular weight is 203 g/mol. The first-order valence-electron chi connectivity index (χ1n) is 4.67. The van der Waals surface area contributed by atoms with Crippen molar-refractivity contribution < 1.29 is 5.11 Å². The molecule has 0 saturated carbocycles. The minimum Gasteiger partial charge on any atom is -0.388 e. The third-order valence-corrected chi connectivity index (χ3v) is 2.11. The van der Waals surface area contributed by atoms with Crippen molar-refractivity contribution in [2.45, 2.75) is 18.6 Å². The second-order valence-electron chi connectivity index (χ2n) is 3.15. The standard InChI is InChI=1S/C11H13N3O/c1-2-6-10(13-14-12)11(15)9-7-4-3-5-8-9/h2-5,7-8,10-11,15H,1,6H2/t10-,11+/m1/s1. The topological polar surface area (TPSA) is 69.0 Å². The number of benzene rings is 1. The fourth-order valence-electron chi connectivity index (χ4n) is 1.35. The Labute approximate surface area is 88.5 Å². The van der Waals surface area contributed by atoms with E-state index in [1.165, 1.54) is 0 Å². The summed E-state index contributed by atoms with van der Waals surface area (Å²) in [5.74, 6) is 0. The van der Waals surface area contributed by atoms with Crippen LogP contribution < -0.4 is 0 Å². The normalized spacial score (nSPS) is 13.7. The third kappa shape index (κ3) is 3.13. The molecule has 0 unspecified atom stereocenters. The lowest BCUT2D eigenvalue weighted by atomic mass is 10.0. The predicted molar refractivity (Wildman–Crippen MR) is 59.1 cm³/mol. The minimum absolute atomic E-state index is 0.458. The van der Waals surface area contributed by atoms with Gasteiger partial charge in [-0.1, -0.05) is 41.5 Å². The number of azide groups is 1. The summed E-state index contributed by atoms with van der Waals surface area (Å²) in [6.45, 7) is 3.56. The van der Waals surface area contributed by atoms with E-state index in [1.807, 2.05) is 18.2 Å². The first-order chi connectivity index (χ1) is 7.29. The Kier molecular flexibility index (Phi) is 4.41. The largest absolute Gasteiger partial charge is 0.388 e. The lowest BCUT2D eigenvalue weighted by Gasteiger charge is -2.16. The lowest BCUT2D eigenvalue weighted by molar-refractivity contribution is 0.147. The van der Waals surface area contributed by atoms with Gasteiger partial charge in [-0.25, -0.2) is 0 Å². The Bertz CT molecular complexity index is 357. The van der Waals surface area contributed by atoms with E-state index in [1.54, 1.807) is 18.2 Å². The van der Waals surface area contributed by atoms with Crippen LogP contribution >= 0.6 is 0 Å². The van der Waals surface area contributed by atoms with Crippen LogP contribution in [0.15, 0.2) is 48.1 Å². The number of nitrogens with zero attached hydrogens (tertiary/aromatic N) is 3. The molecule has 4 heteroatoms. The van der Waals surface area contributed by atoms with E-state index in [2.05, 4.69) is 16.6 Å². The predicted octanol–water partition coefficient (Wildman–Crippen LogP) is 2.98. The molecule has 0 aliphatic heterocycles. The van der Waals surface area contributed by atoms with E-state index in [4.69, 9.17) is 5.53 Å². The summed E-state index contributed by atoms with van der Waals surface area (Å²) in [6, 6.07) is 8.64. The van der Waals surface area contributed by atoms with Crippen LogP contribution in [0.4, 0.5) is 0 Å². The number of hydrogen-bond acceptors (Lipinski definition) is 2. The van der Waals surface area contributed by atoms with Gasteiger partial charge in [0, 0.05) is 4.91 Å². The van der Waals surface area contributed by atoms with Crippen molar-refractivity contribution in [3.8, 4) is 0 Å². The van der Waals surface area contributed by atoms with Gasteiger partial charge in [0.25, 0.3) is 0 Å². The highest BCUT2D eigenvalue weighted by Gasteiger charge is 2.17. The van der Waals surface area contributed by atoms with Gasteiger partial charge in [0.2, 0.25) is 0 Å². The molecule has 1 N–H and O–H groups in total. The number of hydrogen-bond donors (Lipinski definition) is 1. The van der Waals surface area contributed by atoms with Crippen molar-refractivity contribution in [1.82, 2.24) is 0 Å². The van der Waals surface area contributed by atoms with E-state index in [-0.39, 0.29) is 0 Å². The van der Waals surface area contributed by atoms with Crippen molar-refractivity contribution in [2.75, 3.05) is 0 Å². The van der Waals surface area contributed by atoms with Gasteiger partial charge in [-0.05, 0) is 17.5 Å². The molecule has 0 saturated heterocycles. The molecular weight excluding hydrogens is 190 g/mol. The molecule has 0 heterocycles. The molecular formula is C11H13N3O. The van der Waals surface area contributed by atoms with E-state index < -0.39 is 12.1 Å². The first kappa shape index (κ1) is 11.3. The fourth-order valence-corrected chi connectivity index (χ4v) is 1.35. The second-order valence-corrected chi connectivity index (χ2v) is 3.15. The molecule has 0 spiro atoms. The van der Waals surface area contributed by atoms with Crippen LogP contribution in [0.1, 0.15) is 18.1 Å². The Balaban J connectivity index is 2.84. The van der Waals surface area contributed by atoms with E-state index in [0.717, 1.165) is 5.56 Å². The van der Waals surface area contributed by atoms with Crippen LogP contribution in [0.3, 0.4) is 0 Å². The summed E-state index contributed by atoms with van der Waals surface area (Å²) in [5.41, 5.74) is 9.12. The van der Waals surface area contributed by atoms with Gasteiger partial charge < -0.3 is 5.11 Å². The quantitative estimate of drug-likeness (QED) is 0.340. The summed E-state index contributed by atoms with van der Waals surface area (Å²) in [4.78, 5) is 2.72. The molecule has 1 aromatic carbocycles. The van der Waals surface area contributed by atoms with Gasteiger partial charge >= 0.3 is 0 Å². The van der Waals surface area contributed by atoms with E-state index >= 15 is 0 Å². The fraction of sp³-hybridized carbons (Fsp3) is 0.273. The van der Waals surface area contributed by atoms with Gasteiger partial charge in [0.15, 0.2) is 0 Å². The number of rotatable bonds is 5. The Hall–Kier alpha value is -1.77. The summed E-state index contributed by atoms with van der Waals surface area (Å²) in [7, 11) is 0. The molecule has 0 aromatic heterocycles. The van der Waals surface area contributed by atoms with Gasteiger partial charge in [-0.3, -0.25) is 0 Å². The van der Waals surface area contributed by atoms with Crippen molar-refractivity contribution in [2.24, 2.45) is 5.11 Å². The molecule has 0 amide bonds. The SMILES string of the molecule is C=CC[C@@H](N=[N+]=[N-])[C@@H](O)c1ccccc1. The van der Waals surface area contributed by atoms with E-state index in [0.29, 0.717) is 6.42 Å². The zero-order chi connectivity index (χ0) is 11.1. The van der Waals surface area contributed by atoms with Crippen LogP contribution in [0.5, 0.6) is 0 Å². The second kappa shape index (κ2) is 5.86. The molecule has 15 heavy (non-hydrogen) atoms. The van der Waals surface area contributed by atoms with E-state index in [9.17, 15) is 5.11 Å². The Morgan fingerprint density at radius 1 is 1.47 bits per heavy atom.